The van der Waals surface area contributed by atoms with Crippen molar-refractivity contribution in [2.24, 2.45) is 0 Å². The van der Waals surface area contributed by atoms with E-state index in [-0.39, 0.29) is 5.91 Å². The maximum Gasteiger partial charge on any atom is 0.276 e. The molecule has 0 bridgehead atoms. The Balaban J connectivity index is 1.36. The summed E-state index contributed by atoms with van der Waals surface area (Å²) in [4.78, 5) is 25.8. The molecule has 0 atom stereocenters. The first-order valence-corrected chi connectivity index (χ1v) is 10.2. The highest BCUT2D eigenvalue weighted by Gasteiger charge is 2.27. The van der Waals surface area contributed by atoms with Crippen molar-refractivity contribution in [3.8, 4) is 0 Å². The highest BCUT2D eigenvalue weighted by Crippen LogP contribution is 2.39. The second-order valence-corrected chi connectivity index (χ2v) is 7.53. The number of aromatic nitrogens is 5. The molecule has 8 heteroatoms. The van der Waals surface area contributed by atoms with E-state index in [9.17, 15) is 4.79 Å². The van der Waals surface area contributed by atoms with Crippen molar-refractivity contribution in [3.63, 3.8) is 0 Å². The number of amides is 1. The highest BCUT2D eigenvalue weighted by atomic mass is 16.1. The molecule has 1 aliphatic rings. The summed E-state index contributed by atoms with van der Waals surface area (Å²) >= 11 is 0. The summed E-state index contributed by atoms with van der Waals surface area (Å²) in [7, 11) is 0. The predicted molar refractivity (Wildman–Crippen MR) is 117 cm³/mol. The molecular formula is C23H21N7O. The van der Waals surface area contributed by atoms with Gasteiger partial charge in [0.2, 0.25) is 0 Å². The van der Waals surface area contributed by atoms with Gasteiger partial charge in [0.1, 0.15) is 6.33 Å². The van der Waals surface area contributed by atoms with E-state index in [4.69, 9.17) is 0 Å². The molecule has 0 aliphatic heterocycles. The first-order valence-electron chi connectivity index (χ1n) is 10.2. The molecule has 3 heterocycles. The molecule has 1 aromatic carbocycles. The van der Waals surface area contributed by atoms with Gasteiger partial charge in [0.15, 0.2) is 5.69 Å². The molecule has 5 rings (SSSR count). The molecule has 0 spiro atoms. The second kappa shape index (κ2) is 8.35. The fourth-order valence-electron chi connectivity index (χ4n) is 3.35. The van der Waals surface area contributed by atoms with Crippen LogP contribution in [0.5, 0.6) is 0 Å². The molecule has 1 fully saturated rings. The molecule has 8 nitrogen and oxygen atoms in total. The number of nitrogens with one attached hydrogen (secondary N) is 2. The van der Waals surface area contributed by atoms with Gasteiger partial charge in [0.05, 0.1) is 42.2 Å². The summed E-state index contributed by atoms with van der Waals surface area (Å²) in [5, 5.41) is 10.5. The van der Waals surface area contributed by atoms with E-state index in [1.54, 1.807) is 23.3 Å². The summed E-state index contributed by atoms with van der Waals surface area (Å²) in [6.45, 7) is 0.632. The fraction of sp³-hybridized carbons (Fsp3) is 0.174. The zero-order valence-corrected chi connectivity index (χ0v) is 16.8. The number of benzene rings is 1. The molecule has 4 aromatic rings. The molecule has 154 valence electrons. The summed E-state index contributed by atoms with van der Waals surface area (Å²) in [6, 6.07) is 13.9. The lowest BCUT2D eigenvalue weighted by molar-refractivity contribution is 0.102. The Kier molecular flexibility index (Phi) is 5.10. The average Bonchev–Trinajstić information content (AvgIpc) is 3.56. The topological polar surface area (TPSA) is 97.6 Å². The van der Waals surface area contributed by atoms with Crippen LogP contribution in [0.1, 0.15) is 40.5 Å². The third-order valence-corrected chi connectivity index (χ3v) is 5.05. The summed E-state index contributed by atoms with van der Waals surface area (Å²) in [5.41, 5.74) is 4.33. The normalized spacial score (nSPS) is 13.0. The van der Waals surface area contributed by atoms with E-state index in [2.05, 4.69) is 30.7 Å². The number of nitrogens with zero attached hydrogens (tertiary/aromatic N) is 5. The maximum atomic E-state index is 13.1. The Labute approximate surface area is 179 Å². The lowest BCUT2D eigenvalue weighted by Crippen LogP contribution is -2.16. The second-order valence-electron chi connectivity index (χ2n) is 7.53. The zero-order chi connectivity index (χ0) is 21.0. The van der Waals surface area contributed by atoms with E-state index in [1.807, 2.05) is 48.7 Å². The third-order valence-electron chi connectivity index (χ3n) is 5.05. The maximum absolute atomic E-state index is 13.1. The highest BCUT2D eigenvalue weighted by molar-refractivity contribution is 6.06. The minimum absolute atomic E-state index is 0.291. The molecular weight excluding hydrogens is 390 g/mol. The smallest absolute Gasteiger partial charge is 0.276 e. The first-order chi connectivity index (χ1) is 15.2. The lowest BCUT2D eigenvalue weighted by Gasteiger charge is -2.12. The Bertz CT molecular complexity index is 1190. The van der Waals surface area contributed by atoms with Gasteiger partial charge < -0.3 is 10.6 Å². The Morgan fingerprint density at radius 3 is 2.58 bits per heavy atom. The largest absolute Gasteiger partial charge is 0.351 e. The zero-order valence-electron chi connectivity index (χ0n) is 16.8. The molecule has 0 unspecified atom stereocenters. The monoisotopic (exact) mass is 411 g/mol. The SMILES string of the molecule is O=C(Nc1cnn(Cc2ccccc2)c1)c1nc(C2CC2)ccc1Nc1cncnc1. The van der Waals surface area contributed by atoms with Gasteiger partial charge in [-0.15, -0.1) is 0 Å². The minimum Gasteiger partial charge on any atom is -0.351 e. The molecule has 1 saturated carbocycles. The number of hydrogen-bond acceptors (Lipinski definition) is 6. The predicted octanol–water partition coefficient (Wildman–Crippen LogP) is 3.99. The quantitative estimate of drug-likeness (QED) is 0.477. The number of anilines is 3. The molecule has 0 radical (unpaired) electrons. The molecule has 1 aliphatic carbocycles. The number of carbonyl (C=O) groups excluding carboxylic acids is 1. The van der Waals surface area contributed by atoms with Crippen molar-refractivity contribution in [3.05, 3.63) is 90.5 Å². The van der Waals surface area contributed by atoms with Crippen molar-refractivity contribution in [1.29, 1.82) is 0 Å². The van der Waals surface area contributed by atoms with Crippen molar-refractivity contribution >= 4 is 23.0 Å². The Hall–Kier alpha value is -4.07. The number of carbonyl (C=O) groups is 1. The van der Waals surface area contributed by atoms with Crippen molar-refractivity contribution in [1.82, 2.24) is 24.7 Å². The molecule has 1 amide bonds. The van der Waals surface area contributed by atoms with Gasteiger partial charge in [-0.05, 0) is 30.5 Å². The van der Waals surface area contributed by atoms with Crippen LogP contribution in [0.15, 0.2) is 73.6 Å². The van der Waals surface area contributed by atoms with Crippen LogP contribution in [-0.4, -0.2) is 30.6 Å². The van der Waals surface area contributed by atoms with Crippen LogP contribution in [0.3, 0.4) is 0 Å². The molecule has 2 N–H and O–H groups in total. The summed E-state index contributed by atoms with van der Waals surface area (Å²) in [5.74, 6) is 0.149. The van der Waals surface area contributed by atoms with Crippen LogP contribution in [0, 0.1) is 0 Å². The number of pyridine rings is 1. The Morgan fingerprint density at radius 1 is 1.00 bits per heavy atom. The van der Waals surface area contributed by atoms with E-state index >= 15 is 0 Å². The van der Waals surface area contributed by atoms with Crippen molar-refractivity contribution in [2.75, 3.05) is 10.6 Å². The van der Waals surface area contributed by atoms with Crippen LogP contribution in [0.25, 0.3) is 0 Å². The van der Waals surface area contributed by atoms with Crippen LogP contribution in [0.2, 0.25) is 0 Å². The number of rotatable bonds is 7. The Morgan fingerprint density at radius 2 is 1.81 bits per heavy atom. The van der Waals surface area contributed by atoms with Gasteiger partial charge in [-0.2, -0.15) is 5.10 Å². The van der Waals surface area contributed by atoms with Gasteiger partial charge in [-0.1, -0.05) is 30.3 Å². The van der Waals surface area contributed by atoms with Gasteiger partial charge in [0.25, 0.3) is 5.91 Å². The lowest BCUT2D eigenvalue weighted by atomic mass is 10.2. The summed E-state index contributed by atoms with van der Waals surface area (Å²) < 4.78 is 1.79. The van der Waals surface area contributed by atoms with E-state index < -0.39 is 0 Å². The van der Waals surface area contributed by atoms with E-state index in [0.29, 0.717) is 35.2 Å². The minimum atomic E-state index is -0.291. The fourth-order valence-corrected chi connectivity index (χ4v) is 3.35. The summed E-state index contributed by atoms with van der Waals surface area (Å²) in [6.07, 6.45) is 10.4. The van der Waals surface area contributed by atoms with Crippen LogP contribution in [-0.2, 0) is 6.54 Å². The van der Waals surface area contributed by atoms with E-state index in [0.717, 1.165) is 24.1 Å². The van der Waals surface area contributed by atoms with Crippen LogP contribution >= 0.6 is 0 Å². The van der Waals surface area contributed by atoms with Crippen molar-refractivity contribution in [2.45, 2.75) is 25.3 Å². The van der Waals surface area contributed by atoms with Crippen LogP contribution in [0.4, 0.5) is 17.1 Å². The molecule has 0 saturated heterocycles. The van der Waals surface area contributed by atoms with E-state index in [1.165, 1.54) is 6.33 Å². The molecule has 3 aromatic heterocycles. The third kappa shape index (κ3) is 4.58. The first kappa shape index (κ1) is 18.9. The van der Waals surface area contributed by atoms with Gasteiger partial charge in [-0.3, -0.25) is 9.48 Å². The van der Waals surface area contributed by atoms with Gasteiger partial charge in [-0.25, -0.2) is 15.0 Å². The standard InChI is InChI=1S/C23H21N7O/c31-23(28-19-12-26-30(14-19)13-16-4-2-1-3-5-16)22-21(27-18-10-24-15-25-11-18)9-8-20(29-22)17-6-7-17/h1-5,8-12,14-15,17,27H,6-7,13H2,(H,28,31). The van der Waals surface area contributed by atoms with Crippen molar-refractivity contribution < 1.29 is 4.79 Å². The van der Waals surface area contributed by atoms with Gasteiger partial charge in [0, 0.05) is 17.8 Å². The number of hydrogen-bond donors (Lipinski definition) is 2. The molecule has 31 heavy (non-hydrogen) atoms. The van der Waals surface area contributed by atoms with Gasteiger partial charge >= 0.3 is 0 Å². The van der Waals surface area contributed by atoms with Crippen LogP contribution < -0.4 is 10.6 Å². The average molecular weight is 411 g/mol.